The Morgan fingerprint density at radius 2 is 1.86 bits per heavy atom. The second kappa shape index (κ2) is 7.69. The van der Waals surface area contributed by atoms with Gasteiger partial charge in [-0.25, -0.2) is 0 Å². The van der Waals surface area contributed by atoms with Crippen LogP contribution in [0.1, 0.15) is 24.0 Å². The molecule has 0 atom stereocenters. The fourth-order valence-corrected chi connectivity index (χ4v) is 3.92. The number of aryl methyl sites for hydroxylation is 1. The number of nitrogens with two attached hydrogens (primary N) is 1. The van der Waals surface area contributed by atoms with Crippen LogP contribution in [0.25, 0.3) is 33.1 Å². The Hall–Kier alpha value is -2.57. The van der Waals surface area contributed by atoms with Crippen LogP contribution in [0.15, 0.2) is 48.7 Å². The van der Waals surface area contributed by atoms with Crippen molar-refractivity contribution in [2.75, 3.05) is 6.54 Å². The van der Waals surface area contributed by atoms with Crippen LogP contribution in [0, 0.1) is 0 Å². The molecule has 7 heteroatoms. The number of hydrogen-bond donors (Lipinski definition) is 2. The van der Waals surface area contributed by atoms with Gasteiger partial charge in [0.05, 0.1) is 22.3 Å². The quantitative estimate of drug-likeness (QED) is 0.372. The first-order valence-corrected chi connectivity index (χ1v) is 9.73. The number of nitrogens with zero attached hydrogens (tertiary/aromatic N) is 1. The third kappa shape index (κ3) is 3.82. The van der Waals surface area contributed by atoms with E-state index in [0.29, 0.717) is 24.0 Å². The molecule has 0 spiro atoms. The van der Waals surface area contributed by atoms with Gasteiger partial charge in [0.2, 0.25) is 0 Å². The molecule has 2 aromatic heterocycles. The average Bonchev–Trinajstić information content (AvgIpc) is 3.05. The summed E-state index contributed by atoms with van der Waals surface area (Å²) in [5.41, 5.74) is 7.91. The third-order valence-electron chi connectivity index (χ3n) is 5.05. The Labute approximate surface area is 170 Å². The number of H-pyrrole nitrogens is 1. The van der Waals surface area contributed by atoms with Crippen molar-refractivity contribution >= 4 is 33.4 Å². The summed E-state index contributed by atoms with van der Waals surface area (Å²) >= 11 is 6.05. The second-order valence-electron chi connectivity index (χ2n) is 7.01. The van der Waals surface area contributed by atoms with E-state index in [4.69, 9.17) is 17.3 Å². The highest BCUT2D eigenvalue weighted by molar-refractivity contribution is 6.31. The molecule has 3 nitrogen and oxygen atoms in total. The van der Waals surface area contributed by atoms with E-state index in [1.54, 1.807) is 12.3 Å². The lowest BCUT2D eigenvalue weighted by Gasteiger charge is -2.09. The number of aromatic nitrogens is 2. The van der Waals surface area contributed by atoms with Crippen LogP contribution >= 0.6 is 11.6 Å². The molecule has 4 aromatic rings. The average molecular weight is 418 g/mol. The summed E-state index contributed by atoms with van der Waals surface area (Å²) in [6, 6.07) is 12.1. The highest BCUT2D eigenvalue weighted by Gasteiger charge is 2.34. The summed E-state index contributed by atoms with van der Waals surface area (Å²) in [5, 5.41) is 1.47. The predicted molar refractivity (Wildman–Crippen MR) is 111 cm³/mol. The van der Waals surface area contributed by atoms with Gasteiger partial charge in [-0.2, -0.15) is 13.2 Å². The third-order valence-corrected chi connectivity index (χ3v) is 5.26. The van der Waals surface area contributed by atoms with Crippen LogP contribution in [-0.2, 0) is 12.6 Å². The highest BCUT2D eigenvalue weighted by Crippen LogP contribution is 2.41. The first kappa shape index (κ1) is 19.7. The molecule has 0 fully saturated rings. The minimum Gasteiger partial charge on any atom is -0.354 e. The van der Waals surface area contributed by atoms with Crippen LogP contribution in [0.4, 0.5) is 13.2 Å². The number of benzene rings is 2. The van der Waals surface area contributed by atoms with E-state index in [0.717, 1.165) is 40.9 Å². The highest BCUT2D eigenvalue weighted by atomic mass is 35.5. The Morgan fingerprint density at radius 1 is 1.07 bits per heavy atom. The molecule has 0 saturated carbocycles. The molecule has 0 saturated heterocycles. The Balaban J connectivity index is 1.96. The molecular weight excluding hydrogens is 399 g/mol. The molecule has 0 bridgehead atoms. The number of unbranched alkanes of at least 4 members (excludes halogenated alkanes) is 1. The lowest BCUT2D eigenvalue weighted by atomic mass is 9.99. The van der Waals surface area contributed by atoms with E-state index in [2.05, 4.69) is 9.97 Å². The topological polar surface area (TPSA) is 54.7 Å². The van der Waals surface area contributed by atoms with E-state index in [1.165, 1.54) is 0 Å². The zero-order chi connectivity index (χ0) is 20.6. The van der Waals surface area contributed by atoms with E-state index >= 15 is 0 Å². The summed E-state index contributed by atoms with van der Waals surface area (Å²) < 4.78 is 40.9. The fourth-order valence-electron chi connectivity index (χ4n) is 3.70. The predicted octanol–water partition coefficient (Wildman–Crippen LogP) is 6.34. The molecule has 150 valence electrons. The second-order valence-corrected chi connectivity index (χ2v) is 7.45. The molecule has 0 aliphatic heterocycles. The number of rotatable bonds is 5. The molecule has 0 unspecified atom stereocenters. The molecular formula is C22H19ClF3N3. The van der Waals surface area contributed by atoms with Crippen LogP contribution in [0.3, 0.4) is 0 Å². The summed E-state index contributed by atoms with van der Waals surface area (Å²) in [5.74, 6) is 0. The van der Waals surface area contributed by atoms with Crippen molar-refractivity contribution in [1.82, 2.24) is 9.97 Å². The van der Waals surface area contributed by atoms with Crippen LogP contribution in [0.5, 0.6) is 0 Å². The van der Waals surface area contributed by atoms with Crippen molar-refractivity contribution in [2.45, 2.75) is 25.4 Å². The molecule has 0 aliphatic rings. The van der Waals surface area contributed by atoms with Gasteiger partial charge in [-0.3, -0.25) is 4.98 Å². The van der Waals surface area contributed by atoms with Crippen molar-refractivity contribution in [3.63, 3.8) is 0 Å². The van der Waals surface area contributed by atoms with E-state index in [1.807, 2.05) is 30.3 Å². The lowest BCUT2D eigenvalue weighted by Crippen LogP contribution is -2.05. The number of halogens is 4. The fraction of sp³-hybridized carbons (Fsp3) is 0.227. The van der Waals surface area contributed by atoms with Crippen molar-refractivity contribution in [2.24, 2.45) is 5.73 Å². The van der Waals surface area contributed by atoms with Gasteiger partial charge in [-0.1, -0.05) is 29.8 Å². The first-order valence-electron chi connectivity index (χ1n) is 9.35. The molecule has 4 rings (SSSR count). The maximum atomic E-state index is 13.6. The van der Waals surface area contributed by atoms with Gasteiger partial charge < -0.3 is 10.7 Å². The van der Waals surface area contributed by atoms with Gasteiger partial charge in [0, 0.05) is 27.6 Å². The summed E-state index contributed by atoms with van der Waals surface area (Å²) in [6.45, 7) is 0.532. The minimum atomic E-state index is -4.51. The minimum absolute atomic E-state index is 0.0489. The SMILES string of the molecule is NCCCCc1c(-c2cnc3ccccc3c2)[nH]c2c(C(F)(F)F)cc(Cl)cc12. The number of para-hydroxylation sites is 1. The van der Waals surface area contributed by atoms with Crippen molar-refractivity contribution in [1.29, 1.82) is 0 Å². The molecule has 2 aromatic carbocycles. The van der Waals surface area contributed by atoms with Crippen molar-refractivity contribution in [3.05, 3.63) is 64.8 Å². The molecule has 29 heavy (non-hydrogen) atoms. The van der Waals surface area contributed by atoms with E-state index < -0.39 is 11.7 Å². The van der Waals surface area contributed by atoms with Crippen LogP contribution in [-0.4, -0.2) is 16.5 Å². The Morgan fingerprint density at radius 3 is 2.62 bits per heavy atom. The molecule has 0 radical (unpaired) electrons. The van der Waals surface area contributed by atoms with Crippen molar-refractivity contribution in [3.8, 4) is 11.3 Å². The van der Waals surface area contributed by atoms with Crippen molar-refractivity contribution < 1.29 is 13.2 Å². The van der Waals surface area contributed by atoms with E-state index in [-0.39, 0.29) is 10.5 Å². The normalized spacial score (nSPS) is 12.2. The van der Waals surface area contributed by atoms with Gasteiger partial charge in [-0.05, 0) is 55.6 Å². The first-order chi connectivity index (χ1) is 13.9. The number of alkyl halides is 3. The van der Waals surface area contributed by atoms with Gasteiger partial charge in [0.15, 0.2) is 0 Å². The zero-order valence-electron chi connectivity index (χ0n) is 15.5. The van der Waals surface area contributed by atoms with Gasteiger partial charge in [0.1, 0.15) is 0 Å². The zero-order valence-corrected chi connectivity index (χ0v) is 16.2. The molecule has 2 heterocycles. The maximum absolute atomic E-state index is 13.6. The Bertz CT molecular complexity index is 1180. The largest absolute Gasteiger partial charge is 0.418 e. The monoisotopic (exact) mass is 417 g/mol. The number of hydrogen-bond acceptors (Lipinski definition) is 2. The van der Waals surface area contributed by atoms with Gasteiger partial charge >= 0.3 is 6.18 Å². The number of pyridine rings is 1. The standard InChI is InChI=1S/C22H19ClF3N3/c23-15-10-17-16(6-3-4-8-27)20(29-21(17)18(11-15)22(24,25)26)14-9-13-5-1-2-7-19(13)28-12-14/h1-2,5,7,9-12,29H,3-4,6,8,27H2. The summed E-state index contributed by atoms with van der Waals surface area (Å²) in [4.78, 5) is 7.49. The number of fused-ring (bicyclic) bond motifs is 2. The molecule has 3 N–H and O–H groups in total. The Kier molecular flexibility index (Phi) is 5.23. The number of nitrogens with one attached hydrogen (secondary N) is 1. The van der Waals surface area contributed by atoms with Crippen LogP contribution in [0.2, 0.25) is 5.02 Å². The lowest BCUT2D eigenvalue weighted by molar-refractivity contribution is -0.136. The molecule has 0 amide bonds. The van der Waals surface area contributed by atoms with E-state index in [9.17, 15) is 13.2 Å². The number of aromatic amines is 1. The molecule has 0 aliphatic carbocycles. The smallest absolute Gasteiger partial charge is 0.354 e. The maximum Gasteiger partial charge on any atom is 0.418 e. The van der Waals surface area contributed by atoms with Crippen LogP contribution < -0.4 is 5.73 Å². The summed E-state index contributed by atoms with van der Waals surface area (Å²) in [6.07, 6.45) is -0.674. The van der Waals surface area contributed by atoms with Gasteiger partial charge in [-0.15, -0.1) is 0 Å². The van der Waals surface area contributed by atoms with Gasteiger partial charge in [0.25, 0.3) is 0 Å². The summed E-state index contributed by atoms with van der Waals surface area (Å²) in [7, 11) is 0.